The topological polar surface area (TPSA) is 103 Å². The minimum atomic E-state index is -3.51. The van der Waals surface area contributed by atoms with Crippen LogP contribution in [0.1, 0.15) is 62.3 Å². The summed E-state index contributed by atoms with van der Waals surface area (Å²) in [7, 11) is -3.51. The smallest absolute Gasteiger partial charge is 0.263 e. The Morgan fingerprint density at radius 1 is 1.12 bits per heavy atom. The van der Waals surface area contributed by atoms with Crippen molar-refractivity contribution < 1.29 is 13.2 Å². The molecule has 8 heteroatoms. The summed E-state index contributed by atoms with van der Waals surface area (Å²) >= 11 is 0. The van der Waals surface area contributed by atoms with Gasteiger partial charge in [-0.15, -0.1) is 0 Å². The summed E-state index contributed by atoms with van der Waals surface area (Å²) in [5.41, 5.74) is 2.22. The van der Waals surface area contributed by atoms with E-state index in [1.165, 1.54) is 0 Å². The zero-order chi connectivity index (χ0) is 23.1. The van der Waals surface area contributed by atoms with Crippen LogP contribution >= 0.6 is 0 Å². The van der Waals surface area contributed by atoms with E-state index in [0.717, 1.165) is 24.8 Å². The summed E-state index contributed by atoms with van der Waals surface area (Å²) in [6.07, 6.45) is 2.82. The Bertz CT molecular complexity index is 1130. The molecule has 1 N–H and O–H groups in total. The standard InChI is InChI=1S/C24H28N4O3S/c1-3-28(18(2)20-14-12-19(17-25)13-15-20)23(29)11-5-4-8-16-26-24-21-9-6-7-10-22(21)32(30,31)27-24/h6-7,9-10,12-15,18H,3-5,8,11,16H2,1-2H3,(H,26,27). The van der Waals surface area contributed by atoms with Crippen molar-refractivity contribution in [3.05, 3.63) is 65.2 Å². The molecule has 0 saturated carbocycles. The molecule has 0 fully saturated rings. The van der Waals surface area contributed by atoms with Crippen molar-refractivity contribution in [1.29, 1.82) is 5.26 Å². The fraction of sp³-hybridized carbons (Fsp3) is 0.375. The molecule has 0 saturated heterocycles. The molecule has 7 nitrogen and oxygen atoms in total. The minimum Gasteiger partial charge on any atom is -0.336 e. The SMILES string of the molecule is CCN(C(=O)CCCCCN=C1NS(=O)(=O)c2ccccc21)C(C)c1ccc(C#N)cc1. The molecule has 1 aliphatic heterocycles. The van der Waals surface area contributed by atoms with E-state index in [-0.39, 0.29) is 16.8 Å². The number of unbranched alkanes of at least 4 members (excludes halogenated alkanes) is 2. The molecule has 1 atom stereocenters. The molecule has 1 amide bonds. The van der Waals surface area contributed by atoms with Crippen LogP contribution in [0.15, 0.2) is 58.4 Å². The van der Waals surface area contributed by atoms with E-state index in [1.54, 1.807) is 36.4 Å². The molecular formula is C24H28N4O3S. The number of hydrogen-bond donors (Lipinski definition) is 1. The first kappa shape index (κ1) is 23.5. The maximum absolute atomic E-state index is 12.7. The minimum absolute atomic E-state index is 0.0536. The number of aliphatic imine (C=N–C) groups is 1. The van der Waals surface area contributed by atoms with E-state index in [0.29, 0.717) is 36.5 Å². The maximum atomic E-state index is 12.7. The Morgan fingerprint density at radius 3 is 2.53 bits per heavy atom. The van der Waals surface area contributed by atoms with Gasteiger partial charge >= 0.3 is 0 Å². The van der Waals surface area contributed by atoms with Gasteiger partial charge in [0.2, 0.25) is 5.91 Å². The molecule has 0 aromatic heterocycles. The molecule has 0 aliphatic carbocycles. The Hall–Kier alpha value is -3.18. The number of fused-ring (bicyclic) bond motifs is 1. The molecular weight excluding hydrogens is 424 g/mol. The van der Waals surface area contributed by atoms with Crippen LogP contribution in [0.4, 0.5) is 0 Å². The zero-order valence-corrected chi connectivity index (χ0v) is 19.2. The lowest BCUT2D eigenvalue weighted by Gasteiger charge is -2.28. The van der Waals surface area contributed by atoms with Crippen LogP contribution in [-0.2, 0) is 14.8 Å². The highest BCUT2D eigenvalue weighted by atomic mass is 32.2. The highest BCUT2D eigenvalue weighted by Gasteiger charge is 2.29. The quantitative estimate of drug-likeness (QED) is 0.585. The van der Waals surface area contributed by atoms with Gasteiger partial charge in [-0.1, -0.05) is 30.7 Å². The largest absolute Gasteiger partial charge is 0.336 e. The molecule has 0 radical (unpaired) electrons. The van der Waals surface area contributed by atoms with E-state index >= 15 is 0 Å². The molecule has 168 valence electrons. The first-order chi connectivity index (χ1) is 15.4. The van der Waals surface area contributed by atoms with Crippen LogP contribution < -0.4 is 4.72 Å². The number of amides is 1. The number of sulfonamides is 1. The van der Waals surface area contributed by atoms with Crippen molar-refractivity contribution in [2.45, 2.75) is 50.5 Å². The van der Waals surface area contributed by atoms with Gasteiger partial charge in [0, 0.05) is 25.1 Å². The fourth-order valence-electron chi connectivity index (χ4n) is 3.83. The Balaban J connectivity index is 1.46. The fourth-order valence-corrected chi connectivity index (χ4v) is 5.08. The molecule has 32 heavy (non-hydrogen) atoms. The van der Waals surface area contributed by atoms with Gasteiger partial charge in [0.15, 0.2) is 0 Å². The maximum Gasteiger partial charge on any atom is 0.263 e. The number of nitrogens with one attached hydrogen (secondary N) is 1. The van der Waals surface area contributed by atoms with Crippen LogP contribution in [-0.4, -0.2) is 38.2 Å². The number of carbonyl (C=O) groups is 1. The number of rotatable bonds is 9. The second kappa shape index (κ2) is 10.4. The van der Waals surface area contributed by atoms with Crippen LogP contribution in [0.3, 0.4) is 0 Å². The van der Waals surface area contributed by atoms with Crippen molar-refractivity contribution in [3.63, 3.8) is 0 Å². The number of amidine groups is 1. The third-order valence-corrected chi connectivity index (χ3v) is 7.03. The van der Waals surface area contributed by atoms with Crippen LogP contribution in [0, 0.1) is 11.3 Å². The van der Waals surface area contributed by atoms with Gasteiger partial charge in [0.25, 0.3) is 10.0 Å². The molecule has 1 unspecified atom stereocenters. The second-order valence-electron chi connectivity index (χ2n) is 7.73. The van der Waals surface area contributed by atoms with Gasteiger partial charge in [0.1, 0.15) is 5.84 Å². The Kier molecular flexibility index (Phi) is 7.65. The van der Waals surface area contributed by atoms with Crippen LogP contribution in [0.25, 0.3) is 0 Å². The Morgan fingerprint density at radius 2 is 1.84 bits per heavy atom. The summed E-state index contributed by atoms with van der Waals surface area (Å²) in [5, 5.41) is 8.94. The average molecular weight is 453 g/mol. The first-order valence-corrected chi connectivity index (χ1v) is 12.3. The molecule has 1 heterocycles. The summed E-state index contributed by atoms with van der Waals surface area (Å²) in [4.78, 5) is 19.3. The number of carbonyl (C=O) groups excluding carboxylic acids is 1. The zero-order valence-electron chi connectivity index (χ0n) is 18.4. The van der Waals surface area contributed by atoms with E-state index < -0.39 is 10.0 Å². The number of nitrogens with zero attached hydrogens (tertiary/aromatic N) is 3. The summed E-state index contributed by atoms with van der Waals surface area (Å²) in [5.74, 6) is 0.498. The van der Waals surface area contributed by atoms with E-state index in [2.05, 4.69) is 15.8 Å². The van der Waals surface area contributed by atoms with Crippen molar-refractivity contribution in [2.75, 3.05) is 13.1 Å². The third kappa shape index (κ3) is 5.35. The van der Waals surface area contributed by atoms with Crippen LogP contribution in [0.5, 0.6) is 0 Å². The van der Waals surface area contributed by atoms with Crippen molar-refractivity contribution in [1.82, 2.24) is 9.62 Å². The van der Waals surface area contributed by atoms with E-state index in [9.17, 15) is 13.2 Å². The average Bonchev–Trinajstić information content (AvgIpc) is 3.06. The van der Waals surface area contributed by atoms with Gasteiger partial charge < -0.3 is 4.90 Å². The second-order valence-corrected chi connectivity index (χ2v) is 9.38. The number of benzene rings is 2. The molecule has 0 spiro atoms. The van der Waals surface area contributed by atoms with Crippen molar-refractivity contribution in [2.24, 2.45) is 4.99 Å². The highest BCUT2D eigenvalue weighted by molar-refractivity contribution is 7.90. The predicted molar refractivity (Wildman–Crippen MR) is 124 cm³/mol. The lowest BCUT2D eigenvalue weighted by Crippen LogP contribution is -2.33. The molecule has 2 aromatic carbocycles. The third-order valence-electron chi connectivity index (χ3n) is 5.63. The van der Waals surface area contributed by atoms with Crippen LogP contribution in [0.2, 0.25) is 0 Å². The van der Waals surface area contributed by atoms with Crippen molar-refractivity contribution in [3.8, 4) is 6.07 Å². The number of hydrogen-bond acceptors (Lipinski definition) is 5. The van der Waals surface area contributed by atoms with Gasteiger partial charge in [-0.25, -0.2) is 8.42 Å². The van der Waals surface area contributed by atoms with E-state index in [1.807, 2.05) is 30.9 Å². The van der Waals surface area contributed by atoms with Crippen molar-refractivity contribution >= 4 is 21.8 Å². The van der Waals surface area contributed by atoms with Gasteiger partial charge in [0.05, 0.1) is 22.6 Å². The number of nitriles is 1. The Labute approximate surface area is 189 Å². The monoisotopic (exact) mass is 452 g/mol. The van der Waals surface area contributed by atoms with E-state index in [4.69, 9.17) is 5.26 Å². The molecule has 3 rings (SSSR count). The normalized spacial score (nSPS) is 16.1. The lowest BCUT2D eigenvalue weighted by molar-refractivity contribution is -0.133. The summed E-state index contributed by atoms with van der Waals surface area (Å²) in [6, 6.07) is 16.2. The first-order valence-electron chi connectivity index (χ1n) is 10.8. The van der Waals surface area contributed by atoms with Gasteiger partial charge in [-0.3, -0.25) is 14.5 Å². The summed E-state index contributed by atoms with van der Waals surface area (Å²) < 4.78 is 26.7. The predicted octanol–water partition coefficient (Wildman–Crippen LogP) is 3.77. The summed E-state index contributed by atoms with van der Waals surface area (Å²) in [6.45, 7) is 5.08. The molecule has 0 bridgehead atoms. The lowest BCUT2D eigenvalue weighted by atomic mass is 10.0. The van der Waals surface area contributed by atoms with Gasteiger partial charge in [-0.2, -0.15) is 5.26 Å². The molecule has 1 aliphatic rings. The highest BCUT2D eigenvalue weighted by Crippen LogP contribution is 2.23. The molecule has 2 aromatic rings. The van der Waals surface area contributed by atoms with Gasteiger partial charge in [-0.05, 0) is 56.5 Å².